The van der Waals surface area contributed by atoms with Crippen LogP contribution in [-0.2, 0) is 0 Å². The molecule has 3 aromatic rings. The molecule has 0 bridgehead atoms. The van der Waals surface area contributed by atoms with Gasteiger partial charge in [-0.25, -0.2) is 9.78 Å². The fraction of sp³-hybridized carbons (Fsp3) is 0.0870. The molecule has 1 heterocycles. The third kappa shape index (κ3) is 3.80. The number of nitrogens with one attached hydrogen (secondary N) is 1. The number of nitrogens with zero attached hydrogens (tertiary/aromatic N) is 4. The van der Waals surface area contributed by atoms with Gasteiger partial charge in [-0.1, -0.05) is 23.8 Å². The number of carboxylic acids is 1. The fourth-order valence-corrected chi connectivity index (χ4v) is 3.16. The van der Waals surface area contributed by atoms with E-state index < -0.39 is 5.97 Å². The molecule has 0 aliphatic carbocycles. The summed E-state index contributed by atoms with van der Waals surface area (Å²) in [5, 5.41) is 40.0. The maximum Gasteiger partial charge on any atom is 0.336 e. The van der Waals surface area contributed by atoms with Gasteiger partial charge in [-0.2, -0.15) is 15.8 Å². The van der Waals surface area contributed by atoms with Gasteiger partial charge in [-0.05, 0) is 43.7 Å². The average Bonchev–Trinajstić information content (AvgIpc) is 2.73. The van der Waals surface area contributed by atoms with E-state index in [2.05, 4.69) is 10.3 Å². The highest BCUT2D eigenvalue weighted by Gasteiger charge is 2.15. The number of benzene rings is 2. The summed E-state index contributed by atoms with van der Waals surface area (Å²) in [5.74, 6) is -1.03. The molecule has 2 N–H and O–H groups in total. The standard InChI is InChI=1S/C23H15N5O2/c1-13-7-14(2)22-18(8-13)19(23(29)30)9-20(28-22)15-3-5-17(6-4-15)27-21(12-26)16(10-24)11-25/h3-9,27H,1-2H3,(H,29,30). The number of carbonyl (C=O) groups is 1. The van der Waals surface area contributed by atoms with E-state index in [-0.39, 0.29) is 16.8 Å². The van der Waals surface area contributed by atoms with Crippen molar-refractivity contribution < 1.29 is 9.90 Å². The van der Waals surface area contributed by atoms with Crippen molar-refractivity contribution >= 4 is 22.6 Å². The predicted octanol–water partition coefficient (Wildman–Crippen LogP) is 4.45. The van der Waals surface area contributed by atoms with Gasteiger partial charge >= 0.3 is 5.97 Å². The van der Waals surface area contributed by atoms with Crippen molar-refractivity contribution in [2.24, 2.45) is 0 Å². The van der Waals surface area contributed by atoms with Crippen LogP contribution in [-0.4, -0.2) is 16.1 Å². The molecular weight excluding hydrogens is 378 g/mol. The topological polar surface area (TPSA) is 134 Å². The van der Waals surface area contributed by atoms with Gasteiger partial charge in [-0.3, -0.25) is 0 Å². The van der Waals surface area contributed by atoms with E-state index >= 15 is 0 Å². The summed E-state index contributed by atoms with van der Waals surface area (Å²) in [6.45, 7) is 3.80. The van der Waals surface area contributed by atoms with Gasteiger partial charge < -0.3 is 10.4 Å². The molecule has 1 aromatic heterocycles. The van der Waals surface area contributed by atoms with E-state index in [1.807, 2.05) is 26.0 Å². The number of carboxylic acid groups (broad SMARTS) is 1. The van der Waals surface area contributed by atoms with E-state index in [1.54, 1.807) is 42.5 Å². The van der Waals surface area contributed by atoms with Gasteiger partial charge in [0.15, 0.2) is 5.57 Å². The first kappa shape index (κ1) is 20.1. The van der Waals surface area contributed by atoms with Gasteiger partial charge in [0, 0.05) is 16.6 Å². The van der Waals surface area contributed by atoms with E-state index in [0.29, 0.717) is 27.8 Å². The van der Waals surface area contributed by atoms with Crippen molar-refractivity contribution in [3.8, 4) is 29.5 Å². The van der Waals surface area contributed by atoms with Crippen molar-refractivity contribution in [3.05, 3.63) is 70.4 Å². The first-order valence-corrected chi connectivity index (χ1v) is 8.85. The number of hydrogen-bond donors (Lipinski definition) is 2. The Morgan fingerprint density at radius 1 is 1.00 bits per heavy atom. The van der Waals surface area contributed by atoms with Gasteiger partial charge in [0.1, 0.15) is 23.9 Å². The third-order valence-electron chi connectivity index (χ3n) is 4.51. The summed E-state index contributed by atoms with van der Waals surface area (Å²) >= 11 is 0. The zero-order chi connectivity index (χ0) is 21.8. The lowest BCUT2D eigenvalue weighted by atomic mass is 10.00. The summed E-state index contributed by atoms with van der Waals surface area (Å²) in [6.07, 6.45) is 0. The van der Waals surface area contributed by atoms with Crippen LogP contribution in [0.25, 0.3) is 22.2 Å². The molecule has 3 rings (SSSR count). The van der Waals surface area contributed by atoms with Crippen LogP contribution >= 0.6 is 0 Å². The Balaban J connectivity index is 2.06. The van der Waals surface area contributed by atoms with Crippen molar-refractivity contribution in [2.75, 3.05) is 5.32 Å². The molecule has 0 saturated carbocycles. The number of rotatable bonds is 4. The maximum atomic E-state index is 11.8. The van der Waals surface area contributed by atoms with Gasteiger partial charge in [0.2, 0.25) is 0 Å². The first-order valence-electron chi connectivity index (χ1n) is 8.85. The third-order valence-corrected chi connectivity index (χ3v) is 4.51. The second-order valence-corrected chi connectivity index (χ2v) is 6.63. The quantitative estimate of drug-likeness (QED) is 0.625. The number of hydrogen-bond acceptors (Lipinski definition) is 6. The molecule has 7 nitrogen and oxygen atoms in total. The van der Waals surface area contributed by atoms with Crippen molar-refractivity contribution in [1.82, 2.24) is 4.98 Å². The Bertz CT molecular complexity index is 1320. The lowest BCUT2D eigenvalue weighted by Crippen LogP contribution is -2.02. The Morgan fingerprint density at radius 2 is 1.67 bits per heavy atom. The SMILES string of the molecule is Cc1cc(C)c2nc(-c3ccc(NC(C#N)=C(C#N)C#N)cc3)cc(C(=O)O)c2c1. The van der Waals surface area contributed by atoms with Crippen LogP contribution in [0.4, 0.5) is 5.69 Å². The van der Waals surface area contributed by atoms with E-state index in [0.717, 1.165) is 11.1 Å². The smallest absolute Gasteiger partial charge is 0.336 e. The van der Waals surface area contributed by atoms with Crippen LogP contribution < -0.4 is 5.32 Å². The van der Waals surface area contributed by atoms with Gasteiger partial charge in [0.25, 0.3) is 0 Å². The van der Waals surface area contributed by atoms with Crippen molar-refractivity contribution in [2.45, 2.75) is 13.8 Å². The zero-order valence-corrected chi connectivity index (χ0v) is 16.2. The molecule has 30 heavy (non-hydrogen) atoms. The molecule has 0 spiro atoms. The van der Waals surface area contributed by atoms with Gasteiger partial charge in [0.05, 0.1) is 16.8 Å². The Labute approximate surface area is 172 Å². The van der Waals surface area contributed by atoms with Gasteiger partial charge in [-0.15, -0.1) is 0 Å². The highest BCUT2D eigenvalue weighted by atomic mass is 16.4. The molecule has 2 aromatic carbocycles. The van der Waals surface area contributed by atoms with E-state index in [4.69, 9.17) is 15.8 Å². The number of aromatic carboxylic acids is 1. The minimum Gasteiger partial charge on any atom is -0.478 e. The number of nitriles is 3. The molecular formula is C23H15N5O2. The maximum absolute atomic E-state index is 11.8. The first-order chi connectivity index (χ1) is 14.4. The Morgan fingerprint density at radius 3 is 2.23 bits per heavy atom. The van der Waals surface area contributed by atoms with Crippen LogP contribution in [0.1, 0.15) is 21.5 Å². The molecule has 144 valence electrons. The summed E-state index contributed by atoms with van der Waals surface area (Å²) in [4.78, 5) is 16.5. The van der Waals surface area contributed by atoms with E-state index in [1.165, 1.54) is 6.07 Å². The van der Waals surface area contributed by atoms with Crippen molar-refractivity contribution in [3.63, 3.8) is 0 Å². The largest absolute Gasteiger partial charge is 0.478 e. The summed E-state index contributed by atoms with van der Waals surface area (Å²) in [5.41, 5.74) is 3.89. The number of anilines is 1. The lowest BCUT2D eigenvalue weighted by Gasteiger charge is -2.11. The second kappa shape index (κ2) is 8.14. The van der Waals surface area contributed by atoms with Crippen LogP contribution in [0.5, 0.6) is 0 Å². The number of fused-ring (bicyclic) bond motifs is 1. The highest BCUT2D eigenvalue weighted by molar-refractivity contribution is 6.04. The molecule has 0 saturated heterocycles. The Kier molecular flexibility index (Phi) is 5.45. The average molecular weight is 393 g/mol. The van der Waals surface area contributed by atoms with Crippen LogP contribution in [0.2, 0.25) is 0 Å². The molecule has 7 heteroatoms. The number of allylic oxidation sites excluding steroid dienone is 2. The minimum absolute atomic E-state index is 0.143. The minimum atomic E-state index is -1.03. The summed E-state index contributed by atoms with van der Waals surface area (Å²) in [7, 11) is 0. The normalized spacial score (nSPS) is 9.83. The van der Waals surface area contributed by atoms with Crippen LogP contribution in [0, 0.1) is 47.8 Å². The summed E-state index contributed by atoms with van der Waals surface area (Å²) in [6, 6.07) is 17.2. The molecule has 0 aliphatic rings. The predicted molar refractivity (Wildman–Crippen MR) is 111 cm³/mol. The number of pyridine rings is 1. The molecule has 0 fully saturated rings. The fourth-order valence-electron chi connectivity index (χ4n) is 3.16. The summed E-state index contributed by atoms with van der Waals surface area (Å²) < 4.78 is 0. The molecule has 0 radical (unpaired) electrons. The molecule has 0 aliphatic heterocycles. The number of aromatic nitrogens is 1. The molecule has 0 amide bonds. The van der Waals surface area contributed by atoms with E-state index in [9.17, 15) is 9.90 Å². The van der Waals surface area contributed by atoms with Crippen LogP contribution in [0.3, 0.4) is 0 Å². The molecule has 0 unspecified atom stereocenters. The lowest BCUT2D eigenvalue weighted by molar-refractivity contribution is 0.0699. The Hall–Kier alpha value is -4.67. The van der Waals surface area contributed by atoms with Crippen molar-refractivity contribution in [1.29, 1.82) is 15.8 Å². The van der Waals surface area contributed by atoms with Crippen LogP contribution in [0.15, 0.2) is 53.7 Å². The zero-order valence-electron chi connectivity index (χ0n) is 16.2. The molecule has 0 atom stereocenters. The second-order valence-electron chi connectivity index (χ2n) is 6.63. The highest BCUT2D eigenvalue weighted by Crippen LogP contribution is 2.29. The number of aryl methyl sites for hydroxylation is 2. The monoisotopic (exact) mass is 393 g/mol.